The number of aldehydes is 1. The van der Waals surface area contributed by atoms with E-state index in [4.69, 9.17) is 4.74 Å². The predicted molar refractivity (Wildman–Crippen MR) is 49.8 cm³/mol. The fraction of sp³-hybridized carbons (Fsp3) is 0.364. The number of hydrogen-bond acceptors (Lipinski definition) is 2. The highest BCUT2D eigenvalue weighted by Crippen LogP contribution is 2.28. The molecule has 0 saturated carbocycles. The van der Waals surface area contributed by atoms with Gasteiger partial charge in [-0.15, -0.1) is 0 Å². The van der Waals surface area contributed by atoms with Crippen LogP contribution in [0.3, 0.4) is 0 Å². The molecule has 0 bridgehead atoms. The summed E-state index contributed by atoms with van der Waals surface area (Å²) in [6.45, 7) is 0. The number of benzene rings is 1. The molecule has 1 aliphatic rings. The molecule has 1 heterocycles. The Morgan fingerprint density at radius 2 is 2.43 bits per heavy atom. The van der Waals surface area contributed by atoms with E-state index < -0.39 is 0 Å². The second kappa shape index (κ2) is 3.78. The van der Waals surface area contributed by atoms with Crippen LogP contribution in [-0.4, -0.2) is 12.4 Å². The van der Waals surface area contributed by atoms with Crippen molar-refractivity contribution < 1.29 is 13.9 Å². The zero-order valence-corrected chi connectivity index (χ0v) is 7.70. The van der Waals surface area contributed by atoms with Gasteiger partial charge in [-0.3, -0.25) is 0 Å². The van der Waals surface area contributed by atoms with Crippen LogP contribution in [0.4, 0.5) is 4.39 Å². The van der Waals surface area contributed by atoms with Crippen LogP contribution in [0.25, 0.3) is 0 Å². The monoisotopic (exact) mass is 194 g/mol. The second-order valence-electron chi connectivity index (χ2n) is 3.43. The van der Waals surface area contributed by atoms with Crippen molar-refractivity contribution >= 4 is 6.29 Å². The van der Waals surface area contributed by atoms with Gasteiger partial charge in [0.25, 0.3) is 0 Å². The van der Waals surface area contributed by atoms with Gasteiger partial charge in [-0.1, -0.05) is 0 Å². The van der Waals surface area contributed by atoms with Crippen LogP contribution in [0.5, 0.6) is 5.75 Å². The third-order valence-electron chi connectivity index (χ3n) is 2.41. The zero-order valence-electron chi connectivity index (χ0n) is 7.70. The fourth-order valence-electron chi connectivity index (χ4n) is 1.69. The Kier molecular flexibility index (Phi) is 2.48. The molecule has 0 amide bonds. The molecule has 3 heteroatoms. The first-order valence-corrected chi connectivity index (χ1v) is 4.68. The number of rotatable bonds is 2. The number of ether oxygens (including phenoxy) is 1. The van der Waals surface area contributed by atoms with E-state index in [9.17, 15) is 9.18 Å². The summed E-state index contributed by atoms with van der Waals surface area (Å²) in [4.78, 5) is 10.3. The molecule has 0 fully saturated rings. The molecule has 0 spiro atoms. The summed E-state index contributed by atoms with van der Waals surface area (Å²) in [5.41, 5.74) is 0.896. The summed E-state index contributed by atoms with van der Waals surface area (Å²) < 4.78 is 18.4. The van der Waals surface area contributed by atoms with Gasteiger partial charge in [-0.05, 0) is 36.6 Å². The van der Waals surface area contributed by atoms with Crippen LogP contribution in [-0.2, 0) is 11.2 Å². The second-order valence-corrected chi connectivity index (χ2v) is 3.43. The van der Waals surface area contributed by atoms with Crippen molar-refractivity contribution in [1.82, 2.24) is 0 Å². The molecule has 2 nitrogen and oxygen atoms in total. The molecule has 0 saturated heterocycles. The molecule has 1 aliphatic heterocycles. The summed E-state index contributed by atoms with van der Waals surface area (Å²) in [5, 5.41) is 0. The number of aryl methyl sites for hydroxylation is 1. The first-order chi connectivity index (χ1) is 6.79. The molecule has 1 unspecified atom stereocenters. The number of carbonyl (C=O) groups excluding carboxylic acids is 1. The Bertz CT molecular complexity index is 349. The SMILES string of the molecule is O=CCC1CCc2cc(F)ccc2O1. The normalized spacial score (nSPS) is 19.6. The van der Waals surface area contributed by atoms with Crippen molar-refractivity contribution in [2.75, 3.05) is 0 Å². The van der Waals surface area contributed by atoms with Crippen LogP contribution in [0.2, 0.25) is 0 Å². The molecule has 0 aliphatic carbocycles. The van der Waals surface area contributed by atoms with Crippen LogP contribution in [0.1, 0.15) is 18.4 Å². The van der Waals surface area contributed by atoms with Crippen LogP contribution >= 0.6 is 0 Å². The lowest BCUT2D eigenvalue weighted by molar-refractivity contribution is -0.109. The molecule has 1 atom stereocenters. The summed E-state index contributed by atoms with van der Waals surface area (Å²) in [6.07, 6.45) is 2.81. The van der Waals surface area contributed by atoms with Crippen LogP contribution in [0, 0.1) is 5.82 Å². The Hall–Kier alpha value is -1.38. The number of fused-ring (bicyclic) bond motifs is 1. The predicted octanol–water partition coefficient (Wildman–Crippen LogP) is 2.11. The Morgan fingerprint density at radius 1 is 1.57 bits per heavy atom. The minimum absolute atomic E-state index is 0.0366. The van der Waals surface area contributed by atoms with E-state index >= 15 is 0 Å². The number of halogens is 1. The maximum absolute atomic E-state index is 12.8. The summed E-state index contributed by atoms with van der Waals surface area (Å²) in [5.74, 6) is 0.477. The molecule has 0 radical (unpaired) electrons. The van der Waals surface area contributed by atoms with E-state index in [1.54, 1.807) is 6.07 Å². The molecular weight excluding hydrogens is 183 g/mol. The highest BCUT2D eigenvalue weighted by atomic mass is 19.1. The summed E-state index contributed by atoms with van der Waals surface area (Å²) in [7, 11) is 0. The van der Waals surface area contributed by atoms with E-state index in [0.717, 1.165) is 24.7 Å². The molecule has 14 heavy (non-hydrogen) atoms. The third kappa shape index (κ3) is 1.76. The molecule has 74 valence electrons. The van der Waals surface area contributed by atoms with Crippen molar-refractivity contribution in [3.8, 4) is 5.75 Å². The van der Waals surface area contributed by atoms with E-state index in [2.05, 4.69) is 0 Å². The smallest absolute Gasteiger partial charge is 0.123 e. The minimum atomic E-state index is -0.235. The van der Waals surface area contributed by atoms with Crippen molar-refractivity contribution in [3.63, 3.8) is 0 Å². The minimum Gasteiger partial charge on any atom is -0.490 e. The standard InChI is InChI=1S/C11H11FO2/c12-9-2-4-11-8(7-9)1-3-10(14-11)5-6-13/h2,4,6-7,10H,1,3,5H2. The van der Waals surface area contributed by atoms with E-state index in [0.29, 0.717) is 12.2 Å². The Morgan fingerprint density at radius 3 is 3.21 bits per heavy atom. The van der Waals surface area contributed by atoms with E-state index in [1.165, 1.54) is 12.1 Å². The van der Waals surface area contributed by atoms with Gasteiger partial charge in [0.15, 0.2) is 0 Å². The first kappa shape index (κ1) is 9.19. The van der Waals surface area contributed by atoms with Crippen molar-refractivity contribution in [2.24, 2.45) is 0 Å². The maximum Gasteiger partial charge on any atom is 0.123 e. The highest BCUT2D eigenvalue weighted by molar-refractivity contribution is 5.50. The maximum atomic E-state index is 12.8. The third-order valence-corrected chi connectivity index (χ3v) is 2.41. The van der Waals surface area contributed by atoms with Gasteiger partial charge in [0.2, 0.25) is 0 Å². The lowest BCUT2D eigenvalue weighted by Crippen LogP contribution is -2.22. The van der Waals surface area contributed by atoms with Gasteiger partial charge in [0.1, 0.15) is 24.0 Å². The zero-order chi connectivity index (χ0) is 9.97. The number of carbonyl (C=O) groups is 1. The van der Waals surface area contributed by atoms with Crippen LogP contribution < -0.4 is 4.74 Å². The van der Waals surface area contributed by atoms with E-state index in [-0.39, 0.29) is 11.9 Å². The molecular formula is C11H11FO2. The highest BCUT2D eigenvalue weighted by Gasteiger charge is 2.19. The Labute approximate surface area is 81.7 Å². The number of hydrogen-bond donors (Lipinski definition) is 0. The summed E-state index contributed by atoms with van der Waals surface area (Å²) in [6, 6.07) is 4.50. The molecule has 0 aromatic heterocycles. The average molecular weight is 194 g/mol. The van der Waals surface area contributed by atoms with Gasteiger partial charge < -0.3 is 9.53 Å². The lowest BCUT2D eigenvalue weighted by atomic mass is 10.0. The molecule has 0 N–H and O–H groups in total. The van der Waals surface area contributed by atoms with Crippen molar-refractivity contribution in [3.05, 3.63) is 29.6 Å². The van der Waals surface area contributed by atoms with Crippen molar-refractivity contribution in [1.29, 1.82) is 0 Å². The molecule has 1 aromatic carbocycles. The van der Waals surface area contributed by atoms with Gasteiger partial charge >= 0.3 is 0 Å². The van der Waals surface area contributed by atoms with Gasteiger partial charge in [0, 0.05) is 6.42 Å². The van der Waals surface area contributed by atoms with Gasteiger partial charge in [-0.25, -0.2) is 4.39 Å². The average Bonchev–Trinajstić information content (AvgIpc) is 2.19. The van der Waals surface area contributed by atoms with Gasteiger partial charge in [-0.2, -0.15) is 0 Å². The largest absolute Gasteiger partial charge is 0.490 e. The van der Waals surface area contributed by atoms with Crippen LogP contribution in [0.15, 0.2) is 18.2 Å². The first-order valence-electron chi connectivity index (χ1n) is 4.68. The topological polar surface area (TPSA) is 26.3 Å². The summed E-state index contributed by atoms with van der Waals surface area (Å²) >= 11 is 0. The van der Waals surface area contributed by atoms with E-state index in [1.807, 2.05) is 0 Å². The Balaban J connectivity index is 2.18. The van der Waals surface area contributed by atoms with Crippen molar-refractivity contribution in [2.45, 2.75) is 25.4 Å². The lowest BCUT2D eigenvalue weighted by Gasteiger charge is -2.24. The molecule has 1 aromatic rings. The fourth-order valence-corrected chi connectivity index (χ4v) is 1.69. The molecule has 2 rings (SSSR count). The quantitative estimate of drug-likeness (QED) is 0.674. The van der Waals surface area contributed by atoms with Gasteiger partial charge in [0.05, 0.1) is 0 Å².